The standard InChI is InChI=1S/C13H27N/c1-6-8-12(4)13(5)9-7-10-14-11(2)3/h6,11-14H,1,7-10H2,2-5H3. The largest absolute Gasteiger partial charge is 0.315 e. The van der Waals surface area contributed by atoms with E-state index in [-0.39, 0.29) is 0 Å². The molecule has 0 spiro atoms. The molecule has 1 heteroatoms. The SMILES string of the molecule is C=CCC(C)C(C)CCCNC(C)C. The number of nitrogens with one attached hydrogen (secondary N) is 1. The monoisotopic (exact) mass is 197 g/mol. The Hall–Kier alpha value is -0.300. The van der Waals surface area contributed by atoms with Gasteiger partial charge in [-0.25, -0.2) is 0 Å². The third-order valence-electron chi connectivity index (χ3n) is 2.90. The minimum Gasteiger partial charge on any atom is -0.315 e. The van der Waals surface area contributed by atoms with Crippen LogP contribution < -0.4 is 5.32 Å². The third-order valence-corrected chi connectivity index (χ3v) is 2.90. The number of hydrogen-bond donors (Lipinski definition) is 1. The van der Waals surface area contributed by atoms with Gasteiger partial charge >= 0.3 is 0 Å². The van der Waals surface area contributed by atoms with Crippen molar-refractivity contribution in [1.29, 1.82) is 0 Å². The van der Waals surface area contributed by atoms with E-state index in [9.17, 15) is 0 Å². The molecule has 0 aromatic rings. The van der Waals surface area contributed by atoms with Crippen molar-refractivity contribution in [3.05, 3.63) is 12.7 Å². The smallest absolute Gasteiger partial charge is 0.00103 e. The maximum Gasteiger partial charge on any atom is 0.00103 e. The zero-order valence-electron chi connectivity index (χ0n) is 10.3. The quantitative estimate of drug-likeness (QED) is 0.463. The van der Waals surface area contributed by atoms with E-state index in [1.165, 1.54) is 12.8 Å². The van der Waals surface area contributed by atoms with Crippen molar-refractivity contribution < 1.29 is 0 Å². The van der Waals surface area contributed by atoms with E-state index in [0.29, 0.717) is 6.04 Å². The Labute approximate surface area is 90.0 Å². The van der Waals surface area contributed by atoms with Crippen molar-refractivity contribution in [3.63, 3.8) is 0 Å². The lowest BCUT2D eigenvalue weighted by molar-refractivity contribution is 0.354. The van der Waals surface area contributed by atoms with Crippen molar-refractivity contribution >= 4 is 0 Å². The van der Waals surface area contributed by atoms with Crippen LogP contribution in [-0.4, -0.2) is 12.6 Å². The van der Waals surface area contributed by atoms with Crippen LogP contribution in [0.15, 0.2) is 12.7 Å². The first-order valence-electron chi connectivity index (χ1n) is 5.92. The summed E-state index contributed by atoms with van der Waals surface area (Å²) in [6.45, 7) is 14.0. The van der Waals surface area contributed by atoms with Crippen molar-refractivity contribution in [3.8, 4) is 0 Å². The third kappa shape index (κ3) is 7.14. The summed E-state index contributed by atoms with van der Waals surface area (Å²) in [5.74, 6) is 1.61. The van der Waals surface area contributed by atoms with Crippen LogP contribution >= 0.6 is 0 Å². The summed E-state index contributed by atoms with van der Waals surface area (Å²) in [6, 6.07) is 0.621. The molecule has 0 aromatic heterocycles. The van der Waals surface area contributed by atoms with Gasteiger partial charge in [0.05, 0.1) is 0 Å². The molecule has 0 amide bonds. The molecule has 2 unspecified atom stereocenters. The maximum atomic E-state index is 3.79. The van der Waals surface area contributed by atoms with Crippen LogP contribution in [0.25, 0.3) is 0 Å². The van der Waals surface area contributed by atoms with Gasteiger partial charge in [0, 0.05) is 6.04 Å². The summed E-state index contributed by atoms with van der Waals surface area (Å²) in [7, 11) is 0. The molecule has 0 aliphatic carbocycles. The summed E-state index contributed by atoms with van der Waals surface area (Å²) in [6.07, 6.45) is 5.81. The molecule has 84 valence electrons. The van der Waals surface area contributed by atoms with Crippen molar-refractivity contribution in [1.82, 2.24) is 5.32 Å². The lowest BCUT2D eigenvalue weighted by atomic mass is 9.89. The predicted molar refractivity (Wildman–Crippen MR) is 65.5 cm³/mol. The molecule has 0 saturated carbocycles. The Kier molecular flexibility index (Phi) is 7.87. The van der Waals surface area contributed by atoms with Gasteiger partial charge in [-0.15, -0.1) is 6.58 Å². The zero-order chi connectivity index (χ0) is 11.0. The normalized spacial score (nSPS) is 15.5. The van der Waals surface area contributed by atoms with Gasteiger partial charge in [-0.3, -0.25) is 0 Å². The number of allylic oxidation sites excluding steroid dienone is 1. The average molecular weight is 197 g/mol. The van der Waals surface area contributed by atoms with E-state index < -0.39 is 0 Å². The summed E-state index contributed by atoms with van der Waals surface area (Å²) in [4.78, 5) is 0. The summed E-state index contributed by atoms with van der Waals surface area (Å²) in [5, 5.41) is 3.45. The summed E-state index contributed by atoms with van der Waals surface area (Å²) in [5.41, 5.74) is 0. The van der Waals surface area contributed by atoms with Gasteiger partial charge in [0.1, 0.15) is 0 Å². The fourth-order valence-electron chi connectivity index (χ4n) is 1.59. The van der Waals surface area contributed by atoms with E-state index in [0.717, 1.165) is 24.8 Å². The molecule has 2 atom stereocenters. The molecule has 14 heavy (non-hydrogen) atoms. The molecule has 0 bridgehead atoms. The van der Waals surface area contributed by atoms with E-state index in [4.69, 9.17) is 0 Å². The molecule has 1 N–H and O–H groups in total. The van der Waals surface area contributed by atoms with Crippen LogP contribution in [0.2, 0.25) is 0 Å². The first-order chi connectivity index (χ1) is 6.57. The van der Waals surface area contributed by atoms with Crippen LogP contribution in [0.4, 0.5) is 0 Å². The second-order valence-corrected chi connectivity index (χ2v) is 4.73. The van der Waals surface area contributed by atoms with Gasteiger partial charge in [0.25, 0.3) is 0 Å². The van der Waals surface area contributed by atoms with Gasteiger partial charge in [0.15, 0.2) is 0 Å². The molecular weight excluding hydrogens is 170 g/mol. The van der Waals surface area contributed by atoms with E-state index in [1.807, 2.05) is 6.08 Å². The Morgan fingerprint density at radius 1 is 1.14 bits per heavy atom. The minimum atomic E-state index is 0.621. The molecule has 0 aliphatic heterocycles. The highest BCUT2D eigenvalue weighted by Crippen LogP contribution is 2.19. The number of hydrogen-bond acceptors (Lipinski definition) is 1. The van der Waals surface area contributed by atoms with Gasteiger partial charge in [-0.05, 0) is 37.6 Å². The van der Waals surface area contributed by atoms with Crippen LogP contribution in [0.5, 0.6) is 0 Å². The first kappa shape index (κ1) is 13.7. The average Bonchev–Trinajstić information content (AvgIpc) is 2.12. The van der Waals surface area contributed by atoms with Gasteiger partial charge in [-0.1, -0.05) is 33.8 Å². The van der Waals surface area contributed by atoms with Crippen molar-refractivity contribution in [2.75, 3.05) is 6.54 Å². The highest BCUT2D eigenvalue weighted by Gasteiger charge is 2.09. The van der Waals surface area contributed by atoms with Crippen LogP contribution in [0.3, 0.4) is 0 Å². The molecule has 0 saturated heterocycles. The minimum absolute atomic E-state index is 0.621. The van der Waals surface area contributed by atoms with Crippen molar-refractivity contribution in [2.24, 2.45) is 11.8 Å². The van der Waals surface area contributed by atoms with Crippen LogP contribution in [-0.2, 0) is 0 Å². The summed E-state index contributed by atoms with van der Waals surface area (Å²) >= 11 is 0. The second kappa shape index (κ2) is 8.05. The molecule has 0 rings (SSSR count). The van der Waals surface area contributed by atoms with Gasteiger partial charge in [0.2, 0.25) is 0 Å². The highest BCUT2D eigenvalue weighted by molar-refractivity contribution is 4.74. The Bertz CT molecular complexity index is 140. The number of rotatable bonds is 8. The van der Waals surface area contributed by atoms with Crippen molar-refractivity contribution in [2.45, 2.75) is 53.0 Å². The lowest BCUT2D eigenvalue weighted by Gasteiger charge is -2.18. The fraction of sp³-hybridized carbons (Fsp3) is 0.846. The predicted octanol–water partition coefficient (Wildman–Crippen LogP) is 3.61. The maximum absolute atomic E-state index is 3.79. The molecule has 1 nitrogen and oxygen atoms in total. The molecule has 0 heterocycles. The van der Waals surface area contributed by atoms with Gasteiger partial charge in [-0.2, -0.15) is 0 Å². The summed E-state index contributed by atoms with van der Waals surface area (Å²) < 4.78 is 0. The van der Waals surface area contributed by atoms with Crippen LogP contribution in [0.1, 0.15) is 47.0 Å². The Morgan fingerprint density at radius 3 is 2.29 bits per heavy atom. The molecule has 0 aromatic carbocycles. The molecular formula is C13H27N. The topological polar surface area (TPSA) is 12.0 Å². The first-order valence-corrected chi connectivity index (χ1v) is 5.92. The fourth-order valence-corrected chi connectivity index (χ4v) is 1.59. The molecule has 0 radical (unpaired) electrons. The van der Waals surface area contributed by atoms with E-state index in [1.54, 1.807) is 0 Å². The Morgan fingerprint density at radius 2 is 1.79 bits per heavy atom. The Balaban J connectivity index is 3.43. The zero-order valence-corrected chi connectivity index (χ0v) is 10.3. The lowest BCUT2D eigenvalue weighted by Crippen LogP contribution is -2.24. The van der Waals surface area contributed by atoms with E-state index >= 15 is 0 Å². The molecule has 0 aliphatic rings. The van der Waals surface area contributed by atoms with Crippen LogP contribution in [0, 0.1) is 11.8 Å². The van der Waals surface area contributed by atoms with E-state index in [2.05, 4.69) is 39.6 Å². The second-order valence-electron chi connectivity index (χ2n) is 4.73. The highest BCUT2D eigenvalue weighted by atomic mass is 14.9. The molecule has 0 fully saturated rings. The van der Waals surface area contributed by atoms with Gasteiger partial charge < -0.3 is 5.32 Å².